The lowest BCUT2D eigenvalue weighted by Gasteiger charge is -2.22. The van der Waals surface area contributed by atoms with E-state index in [9.17, 15) is 14.0 Å². The van der Waals surface area contributed by atoms with Crippen LogP contribution in [0.3, 0.4) is 0 Å². The fourth-order valence-electron chi connectivity index (χ4n) is 5.25. The molecule has 1 saturated heterocycles. The van der Waals surface area contributed by atoms with Gasteiger partial charge in [0, 0.05) is 35.6 Å². The van der Waals surface area contributed by atoms with Gasteiger partial charge in [-0.2, -0.15) is 0 Å². The molecule has 6 rings (SSSR count). The molecule has 1 N–H and O–H groups in total. The van der Waals surface area contributed by atoms with Crippen molar-refractivity contribution in [3.63, 3.8) is 0 Å². The molecule has 2 fully saturated rings. The summed E-state index contributed by atoms with van der Waals surface area (Å²) in [6.07, 6.45) is 1.64. The van der Waals surface area contributed by atoms with Crippen LogP contribution >= 0.6 is 0 Å². The molecule has 2 aromatic carbocycles. The standard InChI is InChI=1S/C25H23FN6O2/c1-30(2)23-19-11-31(12-20(19)23)25(34)14-3-6-17(7-4-14)32-13-22(28-29-32)18-10-15-9-16(26)5-8-21(15)27-24(18)33/h3-10,13,19-20,23H,11-12H2,1-2H3,(H,27,33). The van der Waals surface area contributed by atoms with E-state index in [0.717, 1.165) is 18.8 Å². The summed E-state index contributed by atoms with van der Waals surface area (Å²) in [4.78, 5) is 32.4. The molecule has 1 aliphatic carbocycles. The molecule has 1 amide bonds. The van der Waals surface area contributed by atoms with E-state index in [4.69, 9.17) is 0 Å². The summed E-state index contributed by atoms with van der Waals surface area (Å²) in [6, 6.07) is 13.6. The van der Waals surface area contributed by atoms with Gasteiger partial charge in [0.05, 0.1) is 17.4 Å². The Bertz CT molecular complexity index is 1460. The number of pyridine rings is 1. The van der Waals surface area contributed by atoms with Crippen LogP contribution in [-0.2, 0) is 0 Å². The minimum Gasteiger partial charge on any atom is -0.338 e. The summed E-state index contributed by atoms with van der Waals surface area (Å²) < 4.78 is 15.1. The number of amides is 1. The van der Waals surface area contributed by atoms with Gasteiger partial charge in [-0.1, -0.05) is 5.21 Å². The largest absolute Gasteiger partial charge is 0.338 e. The van der Waals surface area contributed by atoms with E-state index >= 15 is 0 Å². The zero-order chi connectivity index (χ0) is 23.6. The Hall–Kier alpha value is -3.85. The van der Waals surface area contributed by atoms with Gasteiger partial charge in [0.1, 0.15) is 11.5 Å². The second-order valence-corrected chi connectivity index (χ2v) is 9.33. The molecule has 2 atom stereocenters. The number of piperidine rings is 1. The van der Waals surface area contributed by atoms with E-state index in [1.807, 2.05) is 17.0 Å². The van der Waals surface area contributed by atoms with Crippen LogP contribution in [0.25, 0.3) is 27.8 Å². The van der Waals surface area contributed by atoms with E-state index in [2.05, 4.69) is 34.3 Å². The highest BCUT2D eigenvalue weighted by Gasteiger charge is 2.57. The van der Waals surface area contributed by atoms with Crippen LogP contribution in [0.1, 0.15) is 10.4 Å². The van der Waals surface area contributed by atoms with Crippen LogP contribution in [0, 0.1) is 17.7 Å². The topological polar surface area (TPSA) is 87.1 Å². The van der Waals surface area contributed by atoms with E-state index in [0.29, 0.717) is 45.6 Å². The number of carbonyl (C=O) groups is 1. The average molecular weight is 458 g/mol. The molecule has 1 aliphatic heterocycles. The van der Waals surface area contributed by atoms with Crippen molar-refractivity contribution in [2.45, 2.75) is 6.04 Å². The molecule has 4 aromatic rings. The monoisotopic (exact) mass is 458 g/mol. The van der Waals surface area contributed by atoms with Crippen LogP contribution < -0.4 is 5.56 Å². The Labute approximate surface area is 194 Å². The lowest BCUT2D eigenvalue weighted by molar-refractivity contribution is 0.0762. The van der Waals surface area contributed by atoms with Crippen molar-refractivity contribution in [2.75, 3.05) is 27.2 Å². The normalized spacial score (nSPS) is 21.3. The number of hydrogen-bond acceptors (Lipinski definition) is 5. The SMILES string of the molecule is CN(C)C1C2CN(C(=O)c3ccc(-n4cc(-c5cc6cc(F)ccc6[nH]c5=O)nn4)cc3)CC21. The molecule has 3 heterocycles. The first kappa shape index (κ1) is 20.7. The number of hydrogen-bond donors (Lipinski definition) is 1. The predicted molar refractivity (Wildman–Crippen MR) is 125 cm³/mol. The van der Waals surface area contributed by atoms with Gasteiger partial charge in [-0.15, -0.1) is 5.10 Å². The van der Waals surface area contributed by atoms with E-state index in [-0.39, 0.29) is 17.3 Å². The zero-order valence-corrected chi connectivity index (χ0v) is 18.8. The number of carbonyl (C=O) groups excluding carboxylic acids is 1. The average Bonchev–Trinajstić information content (AvgIpc) is 3.16. The number of fused-ring (bicyclic) bond motifs is 2. The molecular formula is C25H23FN6O2. The van der Waals surface area contributed by atoms with Gasteiger partial charge in [-0.05, 0) is 74.5 Å². The van der Waals surface area contributed by atoms with Gasteiger partial charge in [0.15, 0.2) is 0 Å². The van der Waals surface area contributed by atoms with Crippen molar-refractivity contribution >= 4 is 16.8 Å². The van der Waals surface area contributed by atoms with E-state index in [1.165, 1.54) is 18.2 Å². The molecule has 8 nitrogen and oxygen atoms in total. The second kappa shape index (κ2) is 7.59. The Kier molecular flexibility index (Phi) is 4.63. The van der Waals surface area contributed by atoms with E-state index < -0.39 is 0 Å². The third kappa shape index (κ3) is 3.40. The minimum absolute atomic E-state index is 0.0467. The van der Waals surface area contributed by atoms with Crippen LogP contribution in [0.15, 0.2) is 59.5 Å². The lowest BCUT2D eigenvalue weighted by Crippen LogP contribution is -2.35. The van der Waals surface area contributed by atoms with Crippen LogP contribution in [-0.4, -0.2) is 68.9 Å². The maximum absolute atomic E-state index is 13.6. The van der Waals surface area contributed by atoms with Crippen LogP contribution in [0.2, 0.25) is 0 Å². The van der Waals surface area contributed by atoms with Gasteiger partial charge in [0.2, 0.25) is 0 Å². The number of aromatic nitrogens is 4. The third-order valence-electron chi connectivity index (χ3n) is 6.99. The number of aromatic amines is 1. The van der Waals surface area contributed by atoms with Gasteiger partial charge in [-0.3, -0.25) is 9.59 Å². The fraction of sp³-hybridized carbons (Fsp3) is 0.280. The van der Waals surface area contributed by atoms with Gasteiger partial charge < -0.3 is 14.8 Å². The summed E-state index contributed by atoms with van der Waals surface area (Å²) in [6.45, 7) is 1.62. The number of rotatable bonds is 4. The highest BCUT2D eigenvalue weighted by Crippen LogP contribution is 2.48. The Morgan fingerprint density at radius 1 is 1.09 bits per heavy atom. The molecule has 172 valence electrons. The first-order chi connectivity index (χ1) is 16.4. The van der Waals surface area contributed by atoms with Crippen molar-refractivity contribution in [3.05, 3.63) is 76.5 Å². The summed E-state index contributed by atoms with van der Waals surface area (Å²) >= 11 is 0. The number of nitrogens with zero attached hydrogens (tertiary/aromatic N) is 5. The Balaban J connectivity index is 1.21. The second-order valence-electron chi connectivity index (χ2n) is 9.33. The smallest absolute Gasteiger partial charge is 0.258 e. The number of benzene rings is 2. The van der Waals surface area contributed by atoms with Crippen molar-refractivity contribution in [1.82, 2.24) is 29.8 Å². The first-order valence-electron chi connectivity index (χ1n) is 11.2. The van der Waals surface area contributed by atoms with Crippen molar-refractivity contribution < 1.29 is 9.18 Å². The molecule has 34 heavy (non-hydrogen) atoms. The number of nitrogens with one attached hydrogen (secondary N) is 1. The minimum atomic E-state index is -0.382. The molecule has 9 heteroatoms. The molecule has 1 saturated carbocycles. The number of halogens is 1. The molecule has 2 unspecified atom stereocenters. The Morgan fingerprint density at radius 3 is 2.53 bits per heavy atom. The third-order valence-corrected chi connectivity index (χ3v) is 6.99. The number of likely N-dealkylation sites (tertiary alicyclic amines) is 1. The highest BCUT2D eigenvalue weighted by atomic mass is 19.1. The zero-order valence-electron chi connectivity index (χ0n) is 18.8. The first-order valence-corrected chi connectivity index (χ1v) is 11.2. The maximum Gasteiger partial charge on any atom is 0.258 e. The molecule has 2 aromatic heterocycles. The van der Waals surface area contributed by atoms with E-state index in [1.54, 1.807) is 29.1 Å². The summed E-state index contributed by atoms with van der Waals surface area (Å²) in [7, 11) is 4.19. The predicted octanol–water partition coefficient (Wildman–Crippen LogP) is 2.55. The fourth-order valence-corrected chi connectivity index (χ4v) is 5.25. The molecular weight excluding hydrogens is 435 g/mol. The lowest BCUT2D eigenvalue weighted by atomic mass is 10.1. The molecule has 0 radical (unpaired) electrons. The quantitative estimate of drug-likeness (QED) is 0.508. The maximum atomic E-state index is 13.6. The van der Waals surface area contributed by atoms with Gasteiger partial charge in [0.25, 0.3) is 11.5 Å². The number of H-pyrrole nitrogens is 1. The van der Waals surface area contributed by atoms with Gasteiger partial charge in [-0.25, -0.2) is 9.07 Å². The van der Waals surface area contributed by atoms with Crippen molar-refractivity contribution in [3.8, 4) is 16.9 Å². The molecule has 0 bridgehead atoms. The van der Waals surface area contributed by atoms with Crippen LogP contribution in [0.4, 0.5) is 4.39 Å². The van der Waals surface area contributed by atoms with Crippen molar-refractivity contribution in [2.24, 2.45) is 11.8 Å². The van der Waals surface area contributed by atoms with Crippen LogP contribution in [0.5, 0.6) is 0 Å². The highest BCUT2D eigenvalue weighted by molar-refractivity contribution is 5.94. The summed E-state index contributed by atoms with van der Waals surface area (Å²) in [5, 5.41) is 8.83. The summed E-state index contributed by atoms with van der Waals surface area (Å²) in [5.74, 6) is 0.834. The molecule has 2 aliphatic rings. The molecule has 0 spiro atoms. The van der Waals surface area contributed by atoms with Crippen molar-refractivity contribution in [1.29, 1.82) is 0 Å². The van der Waals surface area contributed by atoms with Gasteiger partial charge >= 0.3 is 0 Å². The summed E-state index contributed by atoms with van der Waals surface area (Å²) in [5.41, 5.74) is 2.26. The Morgan fingerprint density at radius 2 is 1.82 bits per heavy atom.